The van der Waals surface area contributed by atoms with Gasteiger partial charge in [0, 0.05) is 6.08 Å². The highest BCUT2D eigenvalue weighted by Gasteiger charge is 2.21. The van der Waals surface area contributed by atoms with Crippen LogP contribution in [0.15, 0.2) is 30.3 Å². The molecule has 0 aliphatic heterocycles. The minimum Gasteiger partial charge on any atom is -0.478 e. The van der Waals surface area contributed by atoms with Crippen LogP contribution in [-0.4, -0.2) is 11.1 Å². The number of carbonyl (C=O) groups is 1. The van der Waals surface area contributed by atoms with E-state index >= 15 is 0 Å². The first-order chi connectivity index (χ1) is 11.7. The van der Waals surface area contributed by atoms with Gasteiger partial charge in [-0.3, -0.25) is 0 Å². The maximum atomic E-state index is 10.6. The molecule has 0 atom stereocenters. The molecule has 0 radical (unpaired) electrons. The smallest absolute Gasteiger partial charge is 0.328 e. The van der Waals surface area contributed by atoms with E-state index in [2.05, 4.69) is 19.1 Å². The third-order valence-electron chi connectivity index (χ3n) is 5.39. The molecule has 24 heavy (non-hydrogen) atoms. The van der Waals surface area contributed by atoms with Gasteiger partial charge in [0.1, 0.15) is 0 Å². The van der Waals surface area contributed by atoms with Crippen molar-refractivity contribution in [2.45, 2.75) is 77.0 Å². The zero-order valence-electron chi connectivity index (χ0n) is 15.0. The highest BCUT2D eigenvalue weighted by molar-refractivity contribution is 5.85. The predicted molar refractivity (Wildman–Crippen MR) is 101 cm³/mol. The van der Waals surface area contributed by atoms with Crippen LogP contribution in [0.2, 0.25) is 0 Å². The topological polar surface area (TPSA) is 37.3 Å². The molecule has 2 rings (SSSR count). The van der Waals surface area contributed by atoms with Crippen molar-refractivity contribution in [3.63, 3.8) is 0 Å². The number of hydrogen-bond donors (Lipinski definition) is 1. The quantitative estimate of drug-likeness (QED) is 0.419. The molecule has 0 heterocycles. The zero-order valence-corrected chi connectivity index (χ0v) is 15.0. The van der Waals surface area contributed by atoms with Crippen molar-refractivity contribution in [2.24, 2.45) is 5.92 Å². The molecule has 0 amide bonds. The van der Waals surface area contributed by atoms with E-state index in [1.807, 2.05) is 12.1 Å². The summed E-state index contributed by atoms with van der Waals surface area (Å²) >= 11 is 0. The Morgan fingerprint density at radius 3 is 2.33 bits per heavy atom. The third kappa shape index (κ3) is 6.51. The van der Waals surface area contributed by atoms with Crippen molar-refractivity contribution in [1.82, 2.24) is 0 Å². The lowest BCUT2D eigenvalue weighted by molar-refractivity contribution is -0.131. The number of benzene rings is 1. The van der Waals surface area contributed by atoms with Crippen LogP contribution >= 0.6 is 0 Å². The molecule has 1 aromatic carbocycles. The van der Waals surface area contributed by atoms with Crippen molar-refractivity contribution in [1.29, 1.82) is 0 Å². The second-order valence-corrected chi connectivity index (χ2v) is 7.26. The summed E-state index contributed by atoms with van der Waals surface area (Å²) in [6, 6.07) is 8.43. The fourth-order valence-corrected chi connectivity index (χ4v) is 3.87. The molecule has 1 N–H and O–H groups in total. The van der Waals surface area contributed by atoms with E-state index in [4.69, 9.17) is 5.11 Å². The zero-order chi connectivity index (χ0) is 17.2. The van der Waals surface area contributed by atoms with E-state index in [9.17, 15) is 4.79 Å². The average Bonchev–Trinajstić information content (AvgIpc) is 2.61. The van der Waals surface area contributed by atoms with Crippen LogP contribution in [0.25, 0.3) is 6.08 Å². The molecular weight excluding hydrogens is 296 g/mol. The van der Waals surface area contributed by atoms with Gasteiger partial charge in [-0.2, -0.15) is 0 Å². The molecule has 1 aromatic rings. The molecule has 2 nitrogen and oxygen atoms in total. The molecule has 0 unspecified atom stereocenters. The average molecular weight is 328 g/mol. The Labute approximate surface area is 147 Å². The van der Waals surface area contributed by atoms with Gasteiger partial charge in [-0.15, -0.1) is 0 Å². The summed E-state index contributed by atoms with van der Waals surface area (Å²) in [7, 11) is 0. The highest BCUT2D eigenvalue weighted by atomic mass is 16.4. The molecule has 2 heteroatoms. The first-order valence-corrected chi connectivity index (χ1v) is 9.70. The fraction of sp³-hybridized carbons (Fsp3) is 0.591. The molecule has 1 fully saturated rings. The van der Waals surface area contributed by atoms with Crippen molar-refractivity contribution in [2.75, 3.05) is 0 Å². The maximum Gasteiger partial charge on any atom is 0.328 e. The molecule has 0 bridgehead atoms. The van der Waals surface area contributed by atoms with Crippen LogP contribution in [0.4, 0.5) is 0 Å². The normalized spacial score (nSPS) is 21.2. The minimum atomic E-state index is -0.896. The van der Waals surface area contributed by atoms with Gasteiger partial charge >= 0.3 is 5.97 Å². The lowest BCUT2D eigenvalue weighted by Crippen LogP contribution is -2.13. The van der Waals surface area contributed by atoms with Crippen LogP contribution in [0.1, 0.15) is 88.2 Å². The fourth-order valence-electron chi connectivity index (χ4n) is 3.87. The second-order valence-electron chi connectivity index (χ2n) is 7.26. The summed E-state index contributed by atoms with van der Waals surface area (Å²) in [4.78, 5) is 10.6. The van der Waals surface area contributed by atoms with Crippen LogP contribution < -0.4 is 0 Å². The number of carboxylic acids is 1. The Kier molecular flexibility index (Phi) is 8.07. The van der Waals surface area contributed by atoms with Crippen LogP contribution in [0, 0.1) is 5.92 Å². The van der Waals surface area contributed by atoms with Crippen molar-refractivity contribution < 1.29 is 9.90 Å². The maximum absolute atomic E-state index is 10.6. The van der Waals surface area contributed by atoms with Crippen molar-refractivity contribution >= 4 is 12.0 Å². The summed E-state index contributed by atoms with van der Waals surface area (Å²) in [5, 5.41) is 8.68. The van der Waals surface area contributed by atoms with Gasteiger partial charge in [-0.1, -0.05) is 69.7 Å². The number of hydrogen-bond acceptors (Lipinski definition) is 1. The van der Waals surface area contributed by atoms with Gasteiger partial charge in [-0.05, 0) is 54.7 Å². The van der Waals surface area contributed by atoms with Crippen molar-refractivity contribution in [3.05, 3.63) is 41.5 Å². The first kappa shape index (κ1) is 18.8. The molecule has 132 valence electrons. The predicted octanol–water partition coefficient (Wildman–Crippen LogP) is 6.42. The van der Waals surface area contributed by atoms with Gasteiger partial charge in [0.2, 0.25) is 0 Å². The van der Waals surface area contributed by atoms with Crippen LogP contribution in [-0.2, 0) is 4.79 Å². The monoisotopic (exact) mass is 328 g/mol. The molecular formula is C22H32O2. The summed E-state index contributed by atoms with van der Waals surface area (Å²) < 4.78 is 0. The molecule has 1 saturated carbocycles. The lowest BCUT2D eigenvalue weighted by atomic mass is 9.77. The Bertz CT molecular complexity index is 507. The Hall–Kier alpha value is -1.57. The van der Waals surface area contributed by atoms with E-state index in [-0.39, 0.29) is 0 Å². The third-order valence-corrected chi connectivity index (χ3v) is 5.39. The molecule has 0 saturated heterocycles. The Balaban J connectivity index is 1.73. The Morgan fingerprint density at radius 1 is 1.04 bits per heavy atom. The number of unbranched alkanes of at least 4 members (excludes halogenated alkanes) is 4. The van der Waals surface area contributed by atoms with Crippen LogP contribution in [0.5, 0.6) is 0 Å². The van der Waals surface area contributed by atoms with Gasteiger partial charge in [-0.25, -0.2) is 4.79 Å². The largest absolute Gasteiger partial charge is 0.478 e. The van der Waals surface area contributed by atoms with E-state index in [1.165, 1.54) is 75.8 Å². The second kappa shape index (κ2) is 10.3. The van der Waals surface area contributed by atoms with E-state index in [0.29, 0.717) is 5.92 Å². The van der Waals surface area contributed by atoms with Gasteiger partial charge in [0.25, 0.3) is 0 Å². The van der Waals surface area contributed by atoms with Gasteiger partial charge in [0.15, 0.2) is 0 Å². The van der Waals surface area contributed by atoms with E-state index in [0.717, 1.165) is 11.5 Å². The number of carboxylic acid groups (broad SMARTS) is 1. The van der Waals surface area contributed by atoms with E-state index in [1.54, 1.807) is 6.08 Å². The summed E-state index contributed by atoms with van der Waals surface area (Å²) in [5.74, 6) is 0.742. The number of aliphatic carboxylic acids is 1. The van der Waals surface area contributed by atoms with Gasteiger partial charge < -0.3 is 5.11 Å². The summed E-state index contributed by atoms with van der Waals surface area (Å²) in [6.07, 6.45) is 16.6. The molecule has 0 spiro atoms. The molecule has 0 aromatic heterocycles. The SMILES string of the molecule is CCCCCCCC1CCC(c2ccc(/C=C/C(=O)O)cc2)CC1. The molecule has 1 aliphatic rings. The number of rotatable bonds is 9. The van der Waals surface area contributed by atoms with Crippen molar-refractivity contribution in [3.8, 4) is 0 Å². The van der Waals surface area contributed by atoms with E-state index < -0.39 is 5.97 Å². The summed E-state index contributed by atoms with van der Waals surface area (Å²) in [5.41, 5.74) is 2.38. The van der Waals surface area contributed by atoms with Gasteiger partial charge in [0.05, 0.1) is 0 Å². The molecule has 1 aliphatic carbocycles. The van der Waals surface area contributed by atoms with Crippen LogP contribution in [0.3, 0.4) is 0 Å². The Morgan fingerprint density at radius 2 is 1.71 bits per heavy atom. The first-order valence-electron chi connectivity index (χ1n) is 9.70. The highest BCUT2D eigenvalue weighted by Crippen LogP contribution is 2.37. The summed E-state index contributed by atoms with van der Waals surface area (Å²) in [6.45, 7) is 2.27. The minimum absolute atomic E-state index is 0.693. The standard InChI is InChI=1S/C22H32O2/c1-2-3-4-5-6-7-18-8-13-20(14-9-18)21-15-10-19(11-16-21)12-17-22(23)24/h10-12,15-18,20H,2-9,13-14H2,1H3,(H,23,24)/b17-12+. The lowest BCUT2D eigenvalue weighted by Gasteiger charge is -2.29.